The smallest absolute Gasteiger partial charge is 0.119 e. The predicted molar refractivity (Wildman–Crippen MR) is 81.4 cm³/mol. The molecule has 0 fully saturated rings. The molecule has 20 heavy (non-hydrogen) atoms. The van der Waals surface area contributed by atoms with Crippen LogP contribution in [0, 0.1) is 11.8 Å². The summed E-state index contributed by atoms with van der Waals surface area (Å²) < 4.78 is 10.9. The lowest BCUT2D eigenvalue weighted by Crippen LogP contribution is -1.96. The van der Waals surface area contributed by atoms with E-state index in [0.29, 0.717) is 12.5 Å². The van der Waals surface area contributed by atoms with E-state index in [0.717, 1.165) is 22.6 Å². The third-order valence-electron chi connectivity index (χ3n) is 2.69. The summed E-state index contributed by atoms with van der Waals surface area (Å²) in [6.07, 6.45) is 0. The fourth-order valence-corrected chi connectivity index (χ4v) is 1.77. The first kappa shape index (κ1) is 14.3. The summed E-state index contributed by atoms with van der Waals surface area (Å²) in [5.41, 5.74) is 2.00. The van der Waals surface area contributed by atoms with Crippen LogP contribution in [0.3, 0.4) is 0 Å². The predicted octanol–water partition coefficient (Wildman–Crippen LogP) is 3.86. The Hall–Kier alpha value is -2.11. The van der Waals surface area contributed by atoms with Crippen LogP contribution in [0.1, 0.15) is 11.1 Å². The number of benzene rings is 2. The summed E-state index contributed by atoms with van der Waals surface area (Å²) in [7, 11) is 1.65. The highest BCUT2D eigenvalue weighted by Crippen LogP contribution is 2.16. The molecule has 0 saturated heterocycles. The molecule has 2 nitrogen and oxygen atoms in total. The summed E-state index contributed by atoms with van der Waals surface area (Å²) in [5, 5.41) is 0. The molecule has 0 amide bonds. The normalized spacial score (nSPS) is 9.50. The zero-order chi connectivity index (χ0) is 14.2. The van der Waals surface area contributed by atoms with Gasteiger partial charge in [-0.3, -0.25) is 0 Å². The van der Waals surface area contributed by atoms with Crippen LogP contribution in [0.4, 0.5) is 0 Å². The number of hydrogen-bond acceptors (Lipinski definition) is 2. The minimum absolute atomic E-state index is 0.341. The van der Waals surface area contributed by atoms with Gasteiger partial charge in [-0.25, -0.2) is 0 Å². The van der Waals surface area contributed by atoms with Crippen molar-refractivity contribution in [2.45, 2.75) is 6.61 Å². The number of alkyl halides is 1. The molecular weight excluding hydrogens is 272 g/mol. The molecule has 0 spiro atoms. The summed E-state index contributed by atoms with van der Waals surface area (Å²) in [6.45, 7) is 0.504. The molecule has 0 N–H and O–H groups in total. The topological polar surface area (TPSA) is 18.5 Å². The highest BCUT2D eigenvalue weighted by atomic mass is 35.5. The van der Waals surface area contributed by atoms with Gasteiger partial charge in [0.1, 0.15) is 18.1 Å². The Morgan fingerprint density at radius 2 is 1.85 bits per heavy atom. The molecule has 0 saturated carbocycles. The van der Waals surface area contributed by atoms with Crippen molar-refractivity contribution in [3.63, 3.8) is 0 Å². The van der Waals surface area contributed by atoms with Crippen molar-refractivity contribution in [2.75, 3.05) is 13.0 Å². The molecule has 0 atom stereocenters. The van der Waals surface area contributed by atoms with Gasteiger partial charge in [-0.2, -0.15) is 0 Å². The fraction of sp³-hybridized carbons (Fsp3) is 0.176. The van der Waals surface area contributed by atoms with Gasteiger partial charge >= 0.3 is 0 Å². The van der Waals surface area contributed by atoms with Crippen LogP contribution >= 0.6 is 11.6 Å². The molecule has 0 unspecified atom stereocenters. The van der Waals surface area contributed by atoms with Crippen molar-refractivity contribution < 1.29 is 9.47 Å². The summed E-state index contributed by atoms with van der Waals surface area (Å²) >= 11 is 5.52. The lowest BCUT2D eigenvalue weighted by Gasteiger charge is -2.07. The Morgan fingerprint density at radius 3 is 2.55 bits per heavy atom. The largest absolute Gasteiger partial charge is 0.497 e. The lowest BCUT2D eigenvalue weighted by molar-refractivity contribution is 0.305. The maximum absolute atomic E-state index is 5.72. The quantitative estimate of drug-likeness (QED) is 0.627. The van der Waals surface area contributed by atoms with Gasteiger partial charge in [0.05, 0.1) is 13.0 Å². The molecule has 0 bridgehead atoms. The Labute approximate surface area is 124 Å². The van der Waals surface area contributed by atoms with E-state index in [2.05, 4.69) is 11.8 Å². The first-order chi connectivity index (χ1) is 9.81. The van der Waals surface area contributed by atoms with Gasteiger partial charge in [-0.15, -0.1) is 11.6 Å². The summed E-state index contributed by atoms with van der Waals surface area (Å²) in [4.78, 5) is 0. The van der Waals surface area contributed by atoms with E-state index in [1.54, 1.807) is 7.11 Å². The van der Waals surface area contributed by atoms with Gasteiger partial charge in [0.2, 0.25) is 0 Å². The van der Waals surface area contributed by atoms with Gasteiger partial charge in [0.25, 0.3) is 0 Å². The van der Waals surface area contributed by atoms with Crippen molar-refractivity contribution in [2.24, 2.45) is 0 Å². The van der Waals surface area contributed by atoms with E-state index >= 15 is 0 Å². The number of hydrogen-bond donors (Lipinski definition) is 0. The monoisotopic (exact) mass is 286 g/mol. The summed E-state index contributed by atoms with van der Waals surface area (Å²) in [6, 6.07) is 15.5. The number of halogens is 1. The van der Waals surface area contributed by atoms with Gasteiger partial charge in [0, 0.05) is 5.56 Å². The first-order valence-electron chi connectivity index (χ1n) is 6.22. The van der Waals surface area contributed by atoms with E-state index < -0.39 is 0 Å². The molecule has 2 aromatic rings. The maximum atomic E-state index is 5.72. The molecule has 3 heteroatoms. The van der Waals surface area contributed by atoms with Gasteiger partial charge in [-0.1, -0.05) is 24.0 Å². The SMILES string of the molecule is COc1cccc(COc2ccc(C#CCCl)cc2)c1. The van der Waals surface area contributed by atoms with E-state index in [9.17, 15) is 0 Å². The van der Waals surface area contributed by atoms with E-state index in [-0.39, 0.29) is 0 Å². The molecule has 0 aliphatic carbocycles. The third-order valence-corrected chi connectivity index (χ3v) is 2.83. The standard InChI is InChI=1S/C17H15ClO2/c1-19-17-6-2-4-15(12-17)13-20-16-9-7-14(8-10-16)5-3-11-18/h2,4,6-10,12H,11,13H2,1H3. The van der Waals surface area contributed by atoms with Gasteiger partial charge in [-0.05, 0) is 42.0 Å². The molecule has 0 aromatic heterocycles. The van der Waals surface area contributed by atoms with E-state index in [1.807, 2.05) is 48.5 Å². The van der Waals surface area contributed by atoms with Crippen LogP contribution in [0.5, 0.6) is 11.5 Å². The second-order valence-corrected chi connectivity index (χ2v) is 4.37. The van der Waals surface area contributed by atoms with E-state index in [1.165, 1.54) is 0 Å². The van der Waals surface area contributed by atoms with Crippen molar-refractivity contribution >= 4 is 11.6 Å². The van der Waals surface area contributed by atoms with Crippen LogP contribution in [0.2, 0.25) is 0 Å². The summed E-state index contributed by atoms with van der Waals surface area (Å²) in [5.74, 6) is 7.75. The molecule has 0 heterocycles. The number of ether oxygens (including phenoxy) is 2. The maximum Gasteiger partial charge on any atom is 0.119 e. The minimum atomic E-state index is 0.341. The van der Waals surface area contributed by atoms with E-state index in [4.69, 9.17) is 21.1 Å². The fourth-order valence-electron chi connectivity index (χ4n) is 1.70. The molecule has 2 aromatic carbocycles. The lowest BCUT2D eigenvalue weighted by atomic mass is 10.2. The number of rotatable bonds is 4. The van der Waals surface area contributed by atoms with Crippen LogP contribution in [0.15, 0.2) is 48.5 Å². The third kappa shape index (κ3) is 4.22. The zero-order valence-electron chi connectivity index (χ0n) is 11.2. The van der Waals surface area contributed by atoms with Crippen molar-refractivity contribution in [1.29, 1.82) is 0 Å². The van der Waals surface area contributed by atoms with Gasteiger partial charge < -0.3 is 9.47 Å². The van der Waals surface area contributed by atoms with Crippen molar-refractivity contribution in [3.05, 3.63) is 59.7 Å². The number of methoxy groups -OCH3 is 1. The molecule has 102 valence electrons. The zero-order valence-corrected chi connectivity index (χ0v) is 12.0. The van der Waals surface area contributed by atoms with Gasteiger partial charge in [0.15, 0.2) is 0 Å². The molecular formula is C17H15ClO2. The highest BCUT2D eigenvalue weighted by molar-refractivity contribution is 6.19. The minimum Gasteiger partial charge on any atom is -0.497 e. The van der Waals surface area contributed by atoms with Crippen LogP contribution in [0.25, 0.3) is 0 Å². The van der Waals surface area contributed by atoms with Crippen molar-refractivity contribution in [3.8, 4) is 23.3 Å². The second-order valence-electron chi connectivity index (χ2n) is 4.10. The average Bonchev–Trinajstić information content (AvgIpc) is 2.52. The average molecular weight is 287 g/mol. The Bertz CT molecular complexity index is 609. The van der Waals surface area contributed by atoms with Crippen LogP contribution in [-0.4, -0.2) is 13.0 Å². The first-order valence-corrected chi connectivity index (χ1v) is 6.76. The molecule has 0 radical (unpaired) electrons. The highest BCUT2D eigenvalue weighted by Gasteiger charge is 1.98. The van der Waals surface area contributed by atoms with Crippen LogP contribution < -0.4 is 9.47 Å². The van der Waals surface area contributed by atoms with Crippen LogP contribution in [-0.2, 0) is 6.61 Å². The second kappa shape index (κ2) is 7.47. The molecule has 2 rings (SSSR count). The Kier molecular flexibility index (Phi) is 5.34. The Balaban J connectivity index is 1.96. The van der Waals surface area contributed by atoms with Crippen molar-refractivity contribution in [1.82, 2.24) is 0 Å². The Morgan fingerprint density at radius 1 is 1.05 bits per heavy atom. The molecule has 0 aliphatic heterocycles. The molecule has 0 aliphatic rings.